The quantitative estimate of drug-likeness (QED) is 0.647. The largest absolute Gasteiger partial charge is 0.478 e. The molecule has 1 rings (SSSR count). The Labute approximate surface area is 121 Å². The van der Waals surface area contributed by atoms with Crippen molar-refractivity contribution in [3.8, 4) is 0 Å². The SMILES string of the molecule is CCCCCc1cc(CCCCC)c(F)c(C(=O)O)c1. The highest BCUT2D eigenvalue weighted by atomic mass is 19.1. The standard InChI is InChI=1S/C17H25FO2/c1-3-5-7-9-13-11-14(10-8-6-4-2)16(18)15(12-13)17(19)20/h11-12H,3-10H2,1-2H3,(H,19,20). The van der Waals surface area contributed by atoms with E-state index in [-0.39, 0.29) is 5.56 Å². The molecule has 0 bridgehead atoms. The molecule has 1 aromatic rings. The maximum Gasteiger partial charge on any atom is 0.338 e. The molecule has 20 heavy (non-hydrogen) atoms. The number of hydrogen-bond donors (Lipinski definition) is 1. The van der Waals surface area contributed by atoms with Gasteiger partial charge in [0.15, 0.2) is 0 Å². The van der Waals surface area contributed by atoms with Crippen LogP contribution in [0.4, 0.5) is 4.39 Å². The Morgan fingerprint density at radius 1 is 1.05 bits per heavy atom. The van der Waals surface area contributed by atoms with Gasteiger partial charge in [-0.25, -0.2) is 9.18 Å². The molecule has 0 radical (unpaired) electrons. The van der Waals surface area contributed by atoms with Gasteiger partial charge in [0, 0.05) is 0 Å². The van der Waals surface area contributed by atoms with Crippen molar-refractivity contribution in [2.45, 2.75) is 65.2 Å². The maximum absolute atomic E-state index is 14.1. The molecule has 0 amide bonds. The second kappa shape index (κ2) is 8.72. The number of carbonyl (C=O) groups is 1. The van der Waals surface area contributed by atoms with Gasteiger partial charge in [-0.05, 0) is 42.9 Å². The highest BCUT2D eigenvalue weighted by Gasteiger charge is 2.15. The number of benzene rings is 1. The van der Waals surface area contributed by atoms with Crippen molar-refractivity contribution in [1.82, 2.24) is 0 Å². The summed E-state index contributed by atoms with van der Waals surface area (Å²) < 4.78 is 14.1. The Hall–Kier alpha value is -1.38. The number of rotatable bonds is 9. The monoisotopic (exact) mass is 280 g/mol. The van der Waals surface area contributed by atoms with Crippen LogP contribution in [0.5, 0.6) is 0 Å². The lowest BCUT2D eigenvalue weighted by Gasteiger charge is -2.10. The molecule has 0 fully saturated rings. The Balaban J connectivity index is 2.92. The van der Waals surface area contributed by atoms with Gasteiger partial charge in [-0.3, -0.25) is 0 Å². The highest BCUT2D eigenvalue weighted by molar-refractivity contribution is 5.88. The van der Waals surface area contributed by atoms with E-state index < -0.39 is 11.8 Å². The summed E-state index contributed by atoms with van der Waals surface area (Å²) in [6.07, 6.45) is 7.74. The first-order valence-corrected chi connectivity index (χ1v) is 7.64. The van der Waals surface area contributed by atoms with Gasteiger partial charge in [-0.2, -0.15) is 0 Å². The molecular weight excluding hydrogens is 255 g/mol. The van der Waals surface area contributed by atoms with Crippen LogP contribution >= 0.6 is 0 Å². The number of carboxylic acids is 1. The Morgan fingerprint density at radius 3 is 2.20 bits per heavy atom. The number of hydrogen-bond acceptors (Lipinski definition) is 1. The first-order valence-electron chi connectivity index (χ1n) is 7.64. The van der Waals surface area contributed by atoms with E-state index in [0.717, 1.165) is 50.5 Å². The summed E-state index contributed by atoms with van der Waals surface area (Å²) in [5.74, 6) is -1.72. The van der Waals surface area contributed by atoms with Crippen molar-refractivity contribution < 1.29 is 14.3 Å². The van der Waals surface area contributed by atoms with Crippen molar-refractivity contribution in [3.05, 3.63) is 34.6 Å². The number of unbranched alkanes of at least 4 members (excludes halogenated alkanes) is 4. The molecule has 0 unspecified atom stereocenters. The highest BCUT2D eigenvalue weighted by Crippen LogP contribution is 2.20. The fourth-order valence-electron chi connectivity index (χ4n) is 2.38. The van der Waals surface area contributed by atoms with Crippen molar-refractivity contribution in [2.24, 2.45) is 0 Å². The summed E-state index contributed by atoms with van der Waals surface area (Å²) in [4.78, 5) is 11.1. The molecule has 2 nitrogen and oxygen atoms in total. The minimum absolute atomic E-state index is 0.175. The van der Waals surface area contributed by atoms with E-state index in [1.165, 1.54) is 6.07 Å². The Morgan fingerprint density at radius 2 is 1.65 bits per heavy atom. The van der Waals surface area contributed by atoms with Gasteiger partial charge in [0.1, 0.15) is 5.82 Å². The number of aromatic carboxylic acids is 1. The molecule has 0 aliphatic heterocycles. The Kier molecular flexibility index (Phi) is 7.27. The number of carboxylic acid groups (broad SMARTS) is 1. The zero-order chi connectivity index (χ0) is 15.0. The van der Waals surface area contributed by atoms with Gasteiger partial charge in [-0.15, -0.1) is 0 Å². The molecule has 0 aliphatic rings. The van der Waals surface area contributed by atoms with Crippen LogP contribution in [0.3, 0.4) is 0 Å². The lowest BCUT2D eigenvalue weighted by molar-refractivity contribution is 0.0691. The van der Waals surface area contributed by atoms with Crippen molar-refractivity contribution in [3.63, 3.8) is 0 Å². The van der Waals surface area contributed by atoms with Gasteiger partial charge < -0.3 is 5.11 Å². The fourth-order valence-corrected chi connectivity index (χ4v) is 2.38. The van der Waals surface area contributed by atoms with Crippen LogP contribution in [0.25, 0.3) is 0 Å². The molecular formula is C17H25FO2. The first kappa shape index (κ1) is 16.7. The average Bonchev–Trinajstić information content (AvgIpc) is 2.42. The maximum atomic E-state index is 14.1. The van der Waals surface area contributed by atoms with Crippen LogP contribution in [0.15, 0.2) is 12.1 Å². The van der Waals surface area contributed by atoms with E-state index in [0.29, 0.717) is 12.0 Å². The van der Waals surface area contributed by atoms with E-state index in [2.05, 4.69) is 13.8 Å². The van der Waals surface area contributed by atoms with Gasteiger partial charge in [0.2, 0.25) is 0 Å². The average molecular weight is 280 g/mol. The summed E-state index contributed by atoms with van der Waals surface area (Å²) in [7, 11) is 0. The van der Waals surface area contributed by atoms with Gasteiger partial charge in [-0.1, -0.05) is 45.6 Å². The van der Waals surface area contributed by atoms with E-state index in [9.17, 15) is 9.18 Å². The molecule has 0 heterocycles. The lowest BCUT2D eigenvalue weighted by Crippen LogP contribution is -2.06. The molecule has 0 aliphatic carbocycles. The van der Waals surface area contributed by atoms with Crippen LogP contribution in [0.2, 0.25) is 0 Å². The van der Waals surface area contributed by atoms with Gasteiger partial charge in [0.05, 0.1) is 5.56 Å². The zero-order valence-electron chi connectivity index (χ0n) is 12.5. The van der Waals surface area contributed by atoms with Crippen LogP contribution in [-0.2, 0) is 12.8 Å². The Bertz CT molecular complexity index is 441. The van der Waals surface area contributed by atoms with Crippen LogP contribution in [0, 0.1) is 5.82 Å². The second-order valence-electron chi connectivity index (χ2n) is 5.34. The van der Waals surface area contributed by atoms with Gasteiger partial charge in [0.25, 0.3) is 0 Å². The van der Waals surface area contributed by atoms with Crippen molar-refractivity contribution in [1.29, 1.82) is 0 Å². The lowest BCUT2D eigenvalue weighted by atomic mass is 9.97. The fraction of sp³-hybridized carbons (Fsp3) is 0.588. The molecule has 0 aromatic heterocycles. The predicted molar refractivity (Wildman–Crippen MR) is 79.8 cm³/mol. The van der Waals surface area contributed by atoms with Crippen LogP contribution in [-0.4, -0.2) is 11.1 Å². The molecule has 0 spiro atoms. The van der Waals surface area contributed by atoms with E-state index in [4.69, 9.17) is 5.11 Å². The van der Waals surface area contributed by atoms with Crippen LogP contribution in [0.1, 0.15) is 73.9 Å². The molecule has 3 heteroatoms. The zero-order valence-corrected chi connectivity index (χ0v) is 12.5. The predicted octanol–water partition coefficient (Wildman–Crippen LogP) is 4.99. The van der Waals surface area contributed by atoms with E-state index in [1.54, 1.807) is 0 Å². The van der Waals surface area contributed by atoms with Crippen molar-refractivity contribution >= 4 is 5.97 Å². The third kappa shape index (κ3) is 4.95. The summed E-state index contributed by atoms with van der Waals surface area (Å²) in [5.41, 5.74) is 1.33. The normalized spacial score (nSPS) is 10.8. The van der Waals surface area contributed by atoms with E-state index >= 15 is 0 Å². The van der Waals surface area contributed by atoms with E-state index in [1.807, 2.05) is 6.07 Å². The molecule has 1 N–H and O–H groups in total. The molecule has 0 saturated heterocycles. The second-order valence-corrected chi connectivity index (χ2v) is 5.34. The number of halogens is 1. The summed E-state index contributed by atoms with van der Waals surface area (Å²) >= 11 is 0. The third-order valence-electron chi connectivity index (χ3n) is 3.56. The van der Waals surface area contributed by atoms with Gasteiger partial charge >= 0.3 is 5.97 Å². The third-order valence-corrected chi connectivity index (χ3v) is 3.56. The molecule has 112 valence electrons. The molecule has 1 aromatic carbocycles. The summed E-state index contributed by atoms with van der Waals surface area (Å²) in [6, 6.07) is 3.35. The minimum Gasteiger partial charge on any atom is -0.478 e. The molecule has 0 atom stereocenters. The number of aryl methyl sites for hydroxylation is 2. The summed E-state index contributed by atoms with van der Waals surface area (Å²) in [6.45, 7) is 4.23. The molecule has 0 saturated carbocycles. The summed E-state index contributed by atoms with van der Waals surface area (Å²) in [5, 5.41) is 9.12. The minimum atomic E-state index is -1.17. The topological polar surface area (TPSA) is 37.3 Å². The van der Waals surface area contributed by atoms with Crippen molar-refractivity contribution in [2.75, 3.05) is 0 Å². The first-order chi connectivity index (χ1) is 9.60. The van der Waals surface area contributed by atoms with Crippen LogP contribution < -0.4 is 0 Å². The smallest absolute Gasteiger partial charge is 0.338 e.